The average Bonchev–Trinajstić information content (AvgIpc) is 3.20. The van der Waals surface area contributed by atoms with Crippen LogP contribution < -0.4 is 5.32 Å². The van der Waals surface area contributed by atoms with Crippen LogP contribution in [0.2, 0.25) is 0 Å². The highest BCUT2D eigenvalue weighted by molar-refractivity contribution is 7.19. The van der Waals surface area contributed by atoms with E-state index in [0.717, 1.165) is 36.3 Å². The molecule has 28 heavy (non-hydrogen) atoms. The predicted molar refractivity (Wildman–Crippen MR) is 117 cm³/mol. The minimum atomic E-state index is -0.242. The molecule has 0 saturated heterocycles. The van der Waals surface area contributed by atoms with E-state index in [2.05, 4.69) is 48.1 Å². The summed E-state index contributed by atoms with van der Waals surface area (Å²) in [6, 6.07) is 1.19. The zero-order valence-corrected chi connectivity index (χ0v) is 18.5. The first-order valence-corrected chi connectivity index (χ1v) is 11.6. The minimum Gasteiger partial charge on any atom is -0.393 e. The highest BCUT2D eigenvalue weighted by atomic mass is 32.1. The maximum Gasteiger partial charge on any atom is 0.138 e. The molecule has 4 rings (SSSR count). The van der Waals surface area contributed by atoms with E-state index >= 15 is 0 Å². The molecule has 0 unspecified atom stereocenters. The lowest BCUT2D eigenvalue weighted by molar-refractivity contribution is 0.130. The SMILES string of the molecule is CC[C@@H](O)C[C@@]1(C)CCc2sc3ncnc(N[C@H]4CC[C@H](N(C)C)CC4)c3c21. The van der Waals surface area contributed by atoms with Crippen molar-refractivity contribution in [3.63, 3.8) is 0 Å². The lowest BCUT2D eigenvalue weighted by atomic mass is 9.78. The van der Waals surface area contributed by atoms with E-state index in [-0.39, 0.29) is 11.5 Å². The largest absolute Gasteiger partial charge is 0.393 e. The Morgan fingerprint density at radius 1 is 1.29 bits per heavy atom. The van der Waals surface area contributed by atoms with Crippen molar-refractivity contribution in [2.75, 3.05) is 19.4 Å². The molecule has 1 fully saturated rings. The standard InChI is InChI=1S/C22H34N4OS/c1-5-16(27)12-22(2)11-10-17-19(22)18-20(23-13-24-21(18)28-17)25-14-6-8-15(9-7-14)26(3)4/h13-16,27H,5-12H2,1-4H3,(H,23,24,25)/t14-,15-,16-,22-/m1/s1. The number of nitrogens with zero attached hydrogens (tertiary/aromatic N) is 3. The van der Waals surface area contributed by atoms with Gasteiger partial charge in [0.1, 0.15) is 17.0 Å². The van der Waals surface area contributed by atoms with Gasteiger partial charge in [-0.05, 0) is 76.4 Å². The molecule has 0 aliphatic heterocycles. The topological polar surface area (TPSA) is 61.3 Å². The Labute approximate surface area is 172 Å². The second kappa shape index (κ2) is 7.88. The van der Waals surface area contributed by atoms with Crippen LogP contribution >= 0.6 is 11.3 Å². The molecule has 0 spiro atoms. The summed E-state index contributed by atoms with van der Waals surface area (Å²) in [5.41, 5.74) is 1.43. The predicted octanol–water partition coefficient (Wildman–Crippen LogP) is 4.34. The molecular weight excluding hydrogens is 368 g/mol. The minimum absolute atomic E-state index is 0.0206. The Morgan fingerprint density at radius 3 is 2.71 bits per heavy atom. The van der Waals surface area contributed by atoms with Crippen LogP contribution in [0, 0.1) is 0 Å². The number of aryl methyl sites for hydroxylation is 1. The second-order valence-corrected chi connectivity index (χ2v) is 10.3. The normalized spacial score (nSPS) is 28.6. The van der Waals surface area contributed by atoms with Crippen LogP contribution in [0.15, 0.2) is 6.33 Å². The van der Waals surface area contributed by atoms with Gasteiger partial charge < -0.3 is 15.3 Å². The lowest BCUT2D eigenvalue weighted by Gasteiger charge is -2.33. The van der Waals surface area contributed by atoms with Crippen molar-refractivity contribution >= 4 is 27.4 Å². The summed E-state index contributed by atoms with van der Waals surface area (Å²) < 4.78 is 0. The molecule has 2 aromatic heterocycles. The molecule has 1 saturated carbocycles. The average molecular weight is 403 g/mol. The van der Waals surface area contributed by atoms with Gasteiger partial charge in [0, 0.05) is 17.0 Å². The summed E-state index contributed by atoms with van der Waals surface area (Å²) in [6.07, 6.45) is 10.2. The Kier molecular flexibility index (Phi) is 5.64. The van der Waals surface area contributed by atoms with Gasteiger partial charge >= 0.3 is 0 Å². The van der Waals surface area contributed by atoms with E-state index < -0.39 is 0 Å². The maximum atomic E-state index is 10.4. The molecule has 0 radical (unpaired) electrons. The monoisotopic (exact) mass is 402 g/mol. The van der Waals surface area contributed by atoms with E-state index in [9.17, 15) is 5.11 Å². The first-order valence-electron chi connectivity index (χ1n) is 10.8. The Morgan fingerprint density at radius 2 is 2.04 bits per heavy atom. The van der Waals surface area contributed by atoms with Crippen LogP contribution in [0.1, 0.15) is 69.2 Å². The summed E-state index contributed by atoms with van der Waals surface area (Å²) in [5, 5.41) is 15.4. The van der Waals surface area contributed by atoms with E-state index in [1.165, 1.54) is 41.5 Å². The molecule has 2 aliphatic carbocycles. The summed E-state index contributed by atoms with van der Waals surface area (Å²) >= 11 is 1.82. The zero-order chi connectivity index (χ0) is 19.9. The summed E-state index contributed by atoms with van der Waals surface area (Å²) in [4.78, 5) is 14.2. The van der Waals surface area contributed by atoms with Crippen molar-refractivity contribution in [3.8, 4) is 0 Å². The van der Waals surface area contributed by atoms with Gasteiger partial charge in [-0.2, -0.15) is 0 Å². The van der Waals surface area contributed by atoms with Crippen LogP contribution in [0.5, 0.6) is 0 Å². The Balaban J connectivity index is 1.62. The van der Waals surface area contributed by atoms with Crippen molar-refractivity contribution in [1.82, 2.24) is 14.9 Å². The molecule has 154 valence electrons. The van der Waals surface area contributed by atoms with Crippen molar-refractivity contribution in [2.45, 2.75) is 88.8 Å². The Hall–Kier alpha value is -1.24. The summed E-state index contributed by atoms with van der Waals surface area (Å²) in [5.74, 6) is 1.01. The number of aromatic nitrogens is 2. The Bertz CT molecular complexity index is 827. The fourth-order valence-electron chi connectivity index (χ4n) is 5.22. The van der Waals surface area contributed by atoms with Crippen molar-refractivity contribution < 1.29 is 5.11 Å². The second-order valence-electron chi connectivity index (χ2n) is 9.24. The van der Waals surface area contributed by atoms with Crippen molar-refractivity contribution in [1.29, 1.82) is 0 Å². The van der Waals surface area contributed by atoms with Gasteiger partial charge in [0.05, 0.1) is 11.5 Å². The number of aliphatic hydroxyl groups excluding tert-OH is 1. The molecule has 6 heteroatoms. The van der Waals surface area contributed by atoms with Gasteiger partial charge in [-0.25, -0.2) is 9.97 Å². The highest BCUT2D eigenvalue weighted by Crippen LogP contribution is 2.50. The molecule has 2 N–H and O–H groups in total. The zero-order valence-electron chi connectivity index (χ0n) is 17.7. The van der Waals surface area contributed by atoms with Crippen LogP contribution in [0.3, 0.4) is 0 Å². The number of thiophene rings is 1. The van der Waals surface area contributed by atoms with Gasteiger partial charge in [0.15, 0.2) is 0 Å². The van der Waals surface area contributed by atoms with Crippen LogP contribution in [0.4, 0.5) is 5.82 Å². The van der Waals surface area contributed by atoms with Crippen molar-refractivity contribution in [2.24, 2.45) is 0 Å². The quantitative estimate of drug-likeness (QED) is 0.753. The number of aliphatic hydroxyl groups is 1. The first kappa shape index (κ1) is 20.0. The van der Waals surface area contributed by atoms with E-state index in [1.807, 2.05) is 11.3 Å². The lowest BCUT2D eigenvalue weighted by Crippen LogP contribution is -2.36. The number of nitrogens with one attached hydrogen (secondary N) is 1. The maximum absolute atomic E-state index is 10.4. The van der Waals surface area contributed by atoms with Gasteiger partial charge in [-0.1, -0.05) is 13.8 Å². The number of hydrogen-bond acceptors (Lipinski definition) is 6. The van der Waals surface area contributed by atoms with Gasteiger partial charge in [0.25, 0.3) is 0 Å². The van der Waals surface area contributed by atoms with Gasteiger partial charge in [0.2, 0.25) is 0 Å². The molecule has 0 amide bonds. The molecule has 5 nitrogen and oxygen atoms in total. The molecule has 0 bridgehead atoms. The van der Waals surface area contributed by atoms with E-state index in [1.54, 1.807) is 6.33 Å². The third kappa shape index (κ3) is 3.66. The highest BCUT2D eigenvalue weighted by Gasteiger charge is 2.40. The molecule has 2 aliphatic rings. The molecule has 2 aromatic rings. The first-order chi connectivity index (χ1) is 13.4. The fourth-order valence-corrected chi connectivity index (χ4v) is 6.50. The van der Waals surface area contributed by atoms with Crippen LogP contribution in [-0.4, -0.2) is 52.3 Å². The number of hydrogen-bond donors (Lipinski definition) is 2. The van der Waals surface area contributed by atoms with E-state index in [4.69, 9.17) is 0 Å². The summed E-state index contributed by atoms with van der Waals surface area (Å²) in [7, 11) is 4.37. The van der Waals surface area contributed by atoms with Gasteiger partial charge in [-0.15, -0.1) is 11.3 Å². The third-order valence-corrected chi connectivity index (χ3v) is 8.15. The number of fused-ring (bicyclic) bond motifs is 3. The molecular formula is C22H34N4OS. The fraction of sp³-hybridized carbons (Fsp3) is 0.727. The van der Waals surface area contributed by atoms with Crippen LogP contribution in [0.25, 0.3) is 10.2 Å². The van der Waals surface area contributed by atoms with Crippen molar-refractivity contribution in [3.05, 3.63) is 16.8 Å². The summed E-state index contributed by atoms with van der Waals surface area (Å²) in [6.45, 7) is 4.39. The third-order valence-electron chi connectivity index (χ3n) is 6.99. The number of rotatable bonds is 6. The number of anilines is 1. The molecule has 2 heterocycles. The molecule has 2 atom stereocenters. The van der Waals surface area contributed by atoms with Crippen LogP contribution in [-0.2, 0) is 11.8 Å². The van der Waals surface area contributed by atoms with E-state index in [0.29, 0.717) is 12.1 Å². The van der Waals surface area contributed by atoms with Gasteiger partial charge in [-0.3, -0.25) is 0 Å². The molecule has 0 aromatic carbocycles. The smallest absolute Gasteiger partial charge is 0.138 e.